The molecule has 3 rings (SSSR count). The molecule has 9 nitrogen and oxygen atoms in total. The van der Waals surface area contributed by atoms with Crippen LogP contribution in [0.1, 0.15) is 35.1 Å². The van der Waals surface area contributed by atoms with Crippen molar-refractivity contribution in [2.75, 3.05) is 0 Å². The minimum atomic E-state index is -3.74. The largest absolute Gasteiger partial charge is 0.481 e. The fraction of sp³-hybridized carbons (Fsp3) is 0.350. The molecule has 0 fully saturated rings. The van der Waals surface area contributed by atoms with Crippen molar-refractivity contribution in [1.29, 1.82) is 0 Å². The second kappa shape index (κ2) is 9.63. The summed E-state index contributed by atoms with van der Waals surface area (Å²) in [6.07, 6.45) is 1.71. The van der Waals surface area contributed by atoms with E-state index in [0.717, 1.165) is 16.7 Å². The lowest BCUT2D eigenvalue weighted by Gasteiger charge is -2.28. The van der Waals surface area contributed by atoms with Crippen LogP contribution < -0.4 is 4.72 Å². The molecule has 0 spiro atoms. The van der Waals surface area contributed by atoms with Gasteiger partial charge >= 0.3 is 5.97 Å². The Balaban J connectivity index is 1.82. The molecule has 1 aliphatic rings. The summed E-state index contributed by atoms with van der Waals surface area (Å²) in [5, 5.41) is 19.1. The molecule has 0 saturated carbocycles. The van der Waals surface area contributed by atoms with Crippen LogP contribution in [0.4, 0.5) is 0 Å². The summed E-state index contributed by atoms with van der Waals surface area (Å²) in [7, 11) is -3.74. The van der Waals surface area contributed by atoms with Crippen molar-refractivity contribution in [2.24, 2.45) is 0 Å². The first-order chi connectivity index (χ1) is 14.6. The van der Waals surface area contributed by atoms with Gasteiger partial charge in [-0.15, -0.1) is 10.1 Å². The second-order valence-corrected chi connectivity index (χ2v) is 9.45. The lowest BCUT2D eigenvalue weighted by atomic mass is 9.83. The number of rotatable bonds is 9. The van der Waals surface area contributed by atoms with Crippen molar-refractivity contribution < 1.29 is 28.2 Å². The van der Waals surface area contributed by atoms with Crippen LogP contribution in [0.15, 0.2) is 41.3 Å². The van der Waals surface area contributed by atoms with E-state index in [1.165, 1.54) is 24.3 Å². The van der Waals surface area contributed by atoms with Crippen LogP contribution in [0, 0.1) is 10.1 Å². The number of aliphatic carboxylic acids is 1. The van der Waals surface area contributed by atoms with Crippen molar-refractivity contribution in [3.63, 3.8) is 0 Å². The number of sulfonamides is 1. The third-order valence-electron chi connectivity index (χ3n) is 5.09. The molecule has 0 aliphatic heterocycles. The van der Waals surface area contributed by atoms with Gasteiger partial charge in [0.25, 0.3) is 5.09 Å². The van der Waals surface area contributed by atoms with Gasteiger partial charge in [0.2, 0.25) is 10.0 Å². The van der Waals surface area contributed by atoms with E-state index < -0.39 is 21.1 Å². The number of carbonyl (C=O) groups is 1. The number of nitrogens with zero attached hydrogens (tertiary/aromatic N) is 1. The highest BCUT2D eigenvalue weighted by Crippen LogP contribution is 2.29. The van der Waals surface area contributed by atoms with Gasteiger partial charge in [0.15, 0.2) is 0 Å². The number of benzene rings is 2. The van der Waals surface area contributed by atoms with Crippen LogP contribution in [0.5, 0.6) is 0 Å². The van der Waals surface area contributed by atoms with Crippen LogP contribution in [0.2, 0.25) is 5.02 Å². The lowest BCUT2D eigenvalue weighted by Crippen LogP contribution is -2.39. The highest BCUT2D eigenvalue weighted by atomic mass is 35.5. The Hall–Kier alpha value is -2.69. The average molecular weight is 469 g/mol. The van der Waals surface area contributed by atoms with Crippen LogP contribution >= 0.6 is 11.6 Å². The Kier molecular flexibility index (Phi) is 7.14. The summed E-state index contributed by atoms with van der Waals surface area (Å²) in [4.78, 5) is 26.1. The maximum absolute atomic E-state index is 12.7. The highest BCUT2D eigenvalue weighted by molar-refractivity contribution is 7.89. The molecular weight excluding hydrogens is 448 g/mol. The van der Waals surface area contributed by atoms with Crippen LogP contribution in [0.3, 0.4) is 0 Å². The molecular formula is C20H21ClN2O7S. The molecule has 0 amide bonds. The van der Waals surface area contributed by atoms with Crippen LogP contribution in [0.25, 0.3) is 0 Å². The predicted molar refractivity (Wildman–Crippen MR) is 112 cm³/mol. The number of halogens is 1. The van der Waals surface area contributed by atoms with Gasteiger partial charge in [-0.25, -0.2) is 13.1 Å². The number of hydrogen-bond donors (Lipinski definition) is 2. The fourth-order valence-electron chi connectivity index (χ4n) is 3.74. The molecule has 2 aromatic carbocycles. The van der Waals surface area contributed by atoms with E-state index in [9.17, 15) is 23.3 Å². The molecule has 0 radical (unpaired) electrons. The number of aryl methyl sites for hydroxylation is 1. The standard InChI is InChI=1S/C20H21ClN2O7S/c21-16-2-5-18(6-3-16)31(28,29)22-17-4-7-19-14(1-8-20(24)25)9-13(10-15(19)11-17)12-30-23(26)27/h2-3,5-6,9-10,17,22H,1,4,7-8,11-12H2,(H,24,25). The van der Waals surface area contributed by atoms with Crippen molar-refractivity contribution in [3.8, 4) is 0 Å². The van der Waals surface area contributed by atoms with Gasteiger partial charge < -0.3 is 9.94 Å². The fourth-order valence-corrected chi connectivity index (χ4v) is 5.13. The normalized spacial score (nSPS) is 15.8. The minimum absolute atomic E-state index is 0.0708. The molecule has 0 aromatic heterocycles. The van der Waals surface area contributed by atoms with Gasteiger partial charge in [0.1, 0.15) is 6.61 Å². The van der Waals surface area contributed by atoms with E-state index in [1.807, 2.05) is 0 Å². The second-order valence-electron chi connectivity index (χ2n) is 7.30. The predicted octanol–water partition coefficient (Wildman–Crippen LogP) is 2.90. The zero-order valence-electron chi connectivity index (χ0n) is 16.4. The average Bonchev–Trinajstić information content (AvgIpc) is 2.70. The topological polar surface area (TPSA) is 136 Å². The Bertz CT molecular complexity index is 1090. The Labute approximate surface area is 184 Å². The minimum Gasteiger partial charge on any atom is -0.481 e. The Morgan fingerprint density at radius 3 is 2.65 bits per heavy atom. The molecule has 166 valence electrons. The summed E-state index contributed by atoms with van der Waals surface area (Å²) in [5.74, 6) is -0.940. The SMILES string of the molecule is O=C(O)CCc1cc(CO[N+](=O)[O-])cc2c1CCC(NS(=O)(=O)c1ccc(Cl)cc1)C2. The summed E-state index contributed by atoms with van der Waals surface area (Å²) in [6.45, 7) is -0.262. The van der Waals surface area contributed by atoms with Crippen molar-refractivity contribution in [2.45, 2.75) is 49.6 Å². The number of nitrogens with one attached hydrogen (secondary N) is 1. The number of fused-ring (bicyclic) bond motifs is 1. The molecule has 2 N–H and O–H groups in total. The molecule has 0 heterocycles. The number of hydrogen-bond acceptors (Lipinski definition) is 6. The van der Waals surface area contributed by atoms with Crippen molar-refractivity contribution >= 4 is 27.6 Å². The smallest absolute Gasteiger partial charge is 0.303 e. The van der Waals surface area contributed by atoms with Crippen LogP contribution in [-0.2, 0) is 45.5 Å². The molecule has 31 heavy (non-hydrogen) atoms. The molecule has 1 unspecified atom stereocenters. The molecule has 1 aliphatic carbocycles. The third kappa shape index (κ3) is 6.16. The maximum Gasteiger partial charge on any atom is 0.303 e. The van der Waals surface area contributed by atoms with Gasteiger partial charge in [0.05, 0.1) is 4.90 Å². The molecule has 1 atom stereocenters. The van der Waals surface area contributed by atoms with E-state index in [-0.39, 0.29) is 30.4 Å². The third-order valence-corrected chi connectivity index (χ3v) is 6.88. The lowest BCUT2D eigenvalue weighted by molar-refractivity contribution is -0.763. The molecule has 0 saturated heterocycles. The molecule has 2 aromatic rings. The number of carboxylic acids is 1. The first-order valence-corrected chi connectivity index (χ1v) is 11.4. The maximum atomic E-state index is 12.7. The quantitative estimate of drug-likeness (QED) is 0.426. The van der Waals surface area contributed by atoms with E-state index >= 15 is 0 Å². The Morgan fingerprint density at radius 1 is 1.29 bits per heavy atom. The van der Waals surface area contributed by atoms with E-state index in [0.29, 0.717) is 29.8 Å². The molecule has 11 heteroatoms. The van der Waals surface area contributed by atoms with E-state index in [4.69, 9.17) is 16.7 Å². The van der Waals surface area contributed by atoms with Gasteiger partial charge in [0, 0.05) is 17.5 Å². The van der Waals surface area contributed by atoms with Gasteiger partial charge in [-0.3, -0.25) is 4.79 Å². The zero-order chi connectivity index (χ0) is 22.6. The highest BCUT2D eigenvalue weighted by Gasteiger charge is 2.26. The summed E-state index contributed by atoms with van der Waals surface area (Å²) in [5.41, 5.74) is 3.13. The van der Waals surface area contributed by atoms with Crippen molar-refractivity contribution in [3.05, 3.63) is 73.8 Å². The summed E-state index contributed by atoms with van der Waals surface area (Å²) < 4.78 is 28.1. The Morgan fingerprint density at radius 2 is 2.00 bits per heavy atom. The van der Waals surface area contributed by atoms with Gasteiger partial charge in [-0.1, -0.05) is 23.7 Å². The van der Waals surface area contributed by atoms with Crippen molar-refractivity contribution in [1.82, 2.24) is 4.72 Å². The van der Waals surface area contributed by atoms with E-state index in [2.05, 4.69) is 9.56 Å². The zero-order valence-corrected chi connectivity index (χ0v) is 18.0. The van der Waals surface area contributed by atoms with Gasteiger partial charge in [-0.2, -0.15) is 0 Å². The monoisotopic (exact) mass is 468 g/mol. The van der Waals surface area contributed by atoms with E-state index in [1.54, 1.807) is 12.1 Å². The summed E-state index contributed by atoms with van der Waals surface area (Å²) >= 11 is 5.83. The molecule has 0 bridgehead atoms. The first-order valence-electron chi connectivity index (χ1n) is 9.54. The number of carboxylic acid groups (broad SMARTS) is 1. The first kappa shape index (κ1) is 23.0. The van der Waals surface area contributed by atoms with Crippen LogP contribution in [-0.4, -0.2) is 30.6 Å². The van der Waals surface area contributed by atoms with Gasteiger partial charge in [-0.05, 0) is 72.2 Å². The summed E-state index contributed by atoms with van der Waals surface area (Å²) in [6, 6.07) is 8.98.